The lowest BCUT2D eigenvalue weighted by Gasteiger charge is -2.17. The van der Waals surface area contributed by atoms with Crippen LogP contribution >= 0.6 is 11.6 Å². The predicted octanol–water partition coefficient (Wildman–Crippen LogP) is 5.61. The first-order chi connectivity index (χ1) is 16.4. The van der Waals surface area contributed by atoms with Gasteiger partial charge in [0.1, 0.15) is 17.2 Å². The predicted molar refractivity (Wildman–Crippen MR) is 130 cm³/mol. The third-order valence-corrected chi connectivity index (χ3v) is 4.65. The second-order valence-corrected chi connectivity index (χ2v) is 7.24. The molecular weight excluding hydrogens is 462 g/mol. The number of carbonyl (C=O) groups excluding carboxylic acids is 2. The molecule has 1 atom stereocenters. The van der Waals surface area contributed by atoms with E-state index in [1.54, 1.807) is 44.2 Å². The van der Waals surface area contributed by atoms with Crippen molar-refractivity contribution >= 4 is 34.7 Å². The largest absolute Gasteiger partial charge is 0.494 e. The van der Waals surface area contributed by atoms with Crippen LogP contribution in [0.25, 0.3) is 0 Å². The highest BCUT2D eigenvalue weighted by Gasteiger charge is 2.26. The van der Waals surface area contributed by atoms with Crippen molar-refractivity contribution in [1.29, 1.82) is 0 Å². The minimum Gasteiger partial charge on any atom is -0.494 e. The Balaban J connectivity index is 2.36. The van der Waals surface area contributed by atoms with Gasteiger partial charge in [0.25, 0.3) is 5.91 Å². The number of nitrogens with one attached hydrogen (secondary N) is 1. The first kappa shape index (κ1) is 26.9. The Bertz CT molecular complexity index is 1030. The number of Topliss-reactive ketones (excluding diaryl/α,β-unsaturated/α-hetero) is 1. The van der Waals surface area contributed by atoms with Crippen LogP contribution in [0, 0.1) is 0 Å². The van der Waals surface area contributed by atoms with E-state index in [2.05, 4.69) is 15.5 Å². The van der Waals surface area contributed by atoms with Crippen LogP contribution in [-0.4, -0.2) is 44.2 Å². The van der Waals surface area contributed by atoms with Crippen molar-refractivity contribution in [1.82, 2.24) is 0 Å². The van der Waals surface area contributed by atoms with Gasteiger partial charge in [-0.3, -0.25) is 9.59 Å². The molecule has 0 bridgehead atoms. The molecular formula is C24H30ClN3O6. The number of carbonyl (C=O) groups is 2. The summed E-state index contributed by atoms with van der Waals surface area (Å²) in [6.45, 7) is 10.1. The van der Waals surface area contributed by atoms with Crippen LogP contribution in [0.5, 0.6) is 23.0 Å². The zero-order valence-corrected chi connectivity index (χ0v) is 20.8. The molecule has 1 N–H and O–H groups in total. The van der Waals surface area contributed by atoms with Crippen molar-refractivity contribution in [2.75, 3.05) is 31.7 Å². The van der Waals surface area contributed by atoms with E-state index in [1.165, 1.54) is 6.92 Å². The first-order valence-electron chi connectivity index (χ1n) is 11.1. The summed E-state index contributed by atoms with van der Waals surface area (Å²) in [5, 5.41) is 11.2. The van der Waals surface area contributed by atoms with Crippen LogP contribution in [0.2, 0.25) is 5.02 Å². The second kappa shape index (κ2) is 13.4. The number of halogens is 1. The Morgan fingerprint density at radius 2 is 1.56 bits per heavy atom. The fourth-order valence-electron chi connectivity index (χ4n) is 2.95. The zero-order valence-electron chi connectivity index (χ0n) is 20.0. The van der Waals surface area contributed by atoms with Crippen molar-refractivity contribution < 1.29 is 28.5 Å². The third-order valence-electron chi connectivity index (χ3n) is 4.35. The number of ether oxygens (including phenoxy) is 4. The van der Waals surface area contributed by atoms with E-state index in [1.807, 2.05) is 13.8 Å². The average molecular weight is 492 g/mol. The summed E-state index contributed by atoms with van der Waals surface area (Å²) >= 11 is 6.23. The molecule has 0 radical (unpaired) electrons. The van der Waals surface area contributed by atoms with Crippen molar-refractivity contribution in [2.45, 2.75) is 40.7 Å². The topological polar surface area (TPSA) is 108 Å². The molecule has 0 fully saturated rings. The maximum Gasteiger partial charge on any atom is 0.258 e. The highest BCUT2D eigenvalue weighted by Crippen LogP contribution is 2.41. The number of nitrogens with zero attached hydrogens (tertiary/aromatic N) is 2. The van der Waals surface area contributed by atoms with Gasteiger partial charge in [0.05, 0.1) is 37.1 Å². The molecule has 2 aromatic rings. The number of rotatable bonds is 13. The van der Waals surface area contributed by atoms with Gasteiger partial charge < -0.3 is 24.3 Å². The molecule has 0 aliphatic carbocycles. The highest BCUT2D eigenvalue weighted by atomic mass is 35.5. The van der Waals surface area contributed by atoms with E-state index >= 15 is 0 Å². The van der Waals surface area contributed by atoms with Gasteiger partial charge in [-0.1, -0.05) is 11.6 Å². The second-order valence-electron chi connectivity index (χ2n) is 6.83. The summed E-state index contributed by atoms with van der Waals surface area (Å²) in [5.74, 6) is 0.425. The summed E-state index contributed by atoms with van der Waals surface area (Å²) < 4.78 is 22.3. The molecule has 0 saturated heterocycles. The van der Waals surface area contributed by atoms with E-state index in [0.29, 0.717) is 60.1 Å². The van der Waals surface area contributed by atoms with Crippen LogP contribution in [0.1, 0.15) is 34.6 Å². The Morgan fingerprint density at radius 1 is 0.912 bits per heavy atom. The number of ketones is 1. The number of amides is 1. The van der Waals surface area contributed by atoms with E-state index in [4.69, 9.17) is 30.5 Å². The maximum atomic E-state index is 13.0. The fraction of sp³-hybridized carbons (Fsp3) is 0.417. The van der Waals surface area contributed by atoms with Gasteiger partial charge >= 0.3 is 0 Å². The molecule has 184 valence electrons. The monoisotopic (exact) mass is 491 g/mol. The molecule has 0 aromatic heterocycles. The molecule has 0 heterocycles. The van der Waals surface area contributed by atoms with E-state index in [0.717, 1.165) is 0 Å². The highest BCUT2D eigenvalue weighted by molar-refractivity contribution is 6.32. The van der Waals surface area contributed by atoms with Gasteiger partial charge in [-0.05, 0) is 58.9 Å². The minimum absolute atomic E-state index is 0.271. The van der Waals surface area contributed by atoms with Crippen LogP contribution in [0.4, 0.5) is 11.4 Å². The molecule has 0 saturated carbocycles. The Hall–Kier alpha value is -3.33. The molecule has 2 rings (SSSR count). The van der Waals surface area contributed by atoms with Crippen LogP contribution < -0.4 is 24.3 Å². The van der Waals surface area contributed by atoms with Gasteiger partial charge in [0, 0.05) is 6.07 Å². The molecule has 0 aliphatic rings. The molecule has 1 unspecified atom stereocenters. The van der Waals surface area contributed by atoms with Gasteiger partial charge in [0.2, 0.25) is 6.04 Å². The Kier molecular flexibility index (Phi) is 10.6. The van der Waals surface area contributed by atoms with Gasteiger partial charge in [-0.25, -0.2) is 0 Å². The zero-order chi connectivity index (χ0) is 25.1. The van der Waals surface area contributed by atoms with Crippen molar-refractivity contribution in [2.24, 2.45) is 10.2 Å². The van der Waals surface area contributed by atoms with Crippen molar-refractivity contribution in [3.63, 3.8) is 0 Å². The Labute approximate surface area is 204 Å². The number of benzene rings is 2. The number of anilines is 1. The number of hydrogen-bond acceptors (Lipinski definition) is 8. The molecule has 0 aliphatic heterocycles. The SMILES string of the molecule is CCOc1ccc(OCC)c(N=NC(C(C)=O)C(=O)Nc2ccc(Cl)c(OCC)c2OCC)c1. The normalized spacial score (nSPS) is 11.7. The van der Waals surface area contributed by atoms with E-state index < -0.39 is 17.7 Å². The molecule has 34 heavy (non-hydrogen) atoms. The smallest absolute Gasteiger partial charge is 0.258 e. The number of azo groups is 1. The maximum absolute atomic E-state index is 13.0. The molecule has 2 aromatic carbocycles. The average Bonchev–Trinajstić information content (AvgIpc) is 2.80. The lowest BCUT2D eigenvalue weighted by molar-refractivity contribution is -0.126. The summed E-state index contributed by atoms with van der Waals surface area (Å²) in [6, 6.07) is 6.82. The van der Waals surface area contributed by atoms with Crippen LogP contribution in [-0.2, 0) is 9.59 Å². The molecule has 0 spiro atoms. The Morgan fingerprint density at radius 3 is 2.18 bits per heavy atom. The van der Waals surface area contributed by atoms with Gasteiger partial charge in [-0.15, -0.1) is 0 Å². The number of hydrogen-bond donors (Lipinski definition) is 1. The van der Waals surface area contributed by atoms with E-state index in [9.17, 15) is 9.59 Å². The summed E-state index contributed by atoms with van der Waals surface area (Å²) in [5.41, 5.74) is 0.640. The quantitative estimate of drug-likeness (QED) is 0.288. The standard InChI is InChI=1S/C24H30ClN3O6/c1-6-31-16-10-13-20(32-7-2)19(14-16)27-28-21(15(5)29)24(30)26-18-12-11-17(25)22(33-8-3)23(18)34-9-4/h10-14,21H,6-9H2,1-5H3,(H,26,30). The van der Waals surface area contributed by atoms with Gasteiger partial charge in [-0.2, -0.15) is 10.2 Å². The minimum atomic E-state index is -1.40. The fourth-order valence-corrected chi connectivity index (χ4v) is 3.16. The lowest BCUT2D eigenvalue weighted by atomic mass is 10.2. The summed E-state index contributed by atoms with van der Waals surface area (Å²) in [6.07, 6.45) is 0. The molecule has 9 nitrogen and oxygen atoms in total. The lowest BCUT2D eigenvalue weighted by Crippen LogP contribution is -2.32. The van der Waals surface area contributed by atoms with Crippen molar-refractivity contribution in [3.05, 3.63) is 35.4 Å². The van der Waals surface area contributed by atoms with Crippen LogP contribution in [0.3, 0.4) is 0 Å². The van der Waals surface area contributed by atoms with Gasteiger partial charge in [0.15, 0.2) is 17.3 Å². The summed E-state index contributed by atoms with van der Waals surface area (Å²) in [4.78, 5) is 25.3. The molecule has 1 amide bonds. The van der Waals surface area contributed by atoms with Crippen molar-refractivity contribution in [3.8, 4) is 23.0 Å². The third kappa shape index (κ3) is 7.08. The first-order valence-corrected chi connectivity index (χ1v) is 11.4. The summed E-state index contributed by atoms with van der Waals surface area (Å²) in [7, 11) is 0. The van der Waals surface area contributed by atoms with Crippen LogP contribution in [0.15, 0.2) is 40.6 Å². The molecule has 10 heteroatoms. The van der Waals surface area contributed by atoms with E-state index in [-0.39, 0.29) is 5.75 Å².